The fraction of sp³-hybridized carbons (Fsp3) is 0.167. The summed E-state index contributed by atoms with van der Waals surface area (Å²) < 4.78 is 14.4. The van der Waals surface area contributed by atoms with E-state index in [0.29, 0.717) is 22.2 Å². The fourth-order valence-corrected chi connectivity index (χ4v) is 3.78. The molecule has 8 nitrogen and oxygen atoms in total. The molecule has 2 heterocycles. The number of urea groups is 1. The van der Waals surface area contributed by atoms with Crippen molar-refractivity contribution in [2.45, 2.75) is 13.5 Å². The van der Waals surface area contributed by atoms with Gasteiger partial charge in [-0.3, -0.25) is 0 Å². The van der Waals surface area contributed by atoms with Crippen molar-refractivity contribution >= 4 is 23.3 Å². The average Bonchev–Trinajstić information content (AvgIpc) is 3.46. The molecular formula is C24H24ClN5O3. The first-order valence-corrected chi connectivity index (χ1v) is 10.6. The normalized spacial score (nSPS) is 10.7. The van der Waals surface area contributed by atoms with Crippen molar-refractivity contribution in [3.63, 3.8) is 0 Å². The van der Waals surface area contributed by atoms with Gasteiger partial charge in [-0.15, -0.1) is 0 Å². The Morgan fingerprint density at radius 1 is 1.03 bits per heavy atom. The maximum Gasteiger partial charge on any atom is 0.319 e. The van der Waals surface area contributed by atoms with Crippen molar-refractivity contribution in [3.8, 4) is 23.0 Å². The molecular weight excluding hydrogens is 442 g/mol. The zero-order valence-corrected chi connectivity index (χ0v) is 19.3. The molecule has 0 fully saturated rings. The highest BCUT2D eigenvalue weighted by Crippen LogP contribution is 2.35. The summed E-state index contributed by atoms with van der Waals surface area (Å²) in [6, 6.07) is 16.6. The summed E-state index contributed by atoms with van der Waals surface area (Å²) in [4.78, 5) is 12.7. The summed E-state index contributed by atoms with van der Waals surface area (Å²) in [6.45, 7) is 2.19. The quantitative estimate of drug-likeness (QED) is 0.404. The van der Waals surface area contributed by atoms with E-state index in [1.165, 1.54) is 14.2 Å². The minimum Gasteiger partial charge on any atom is -0.495 e. The molecule has 0 atom stereocenters. The lowest BCUT2D eigenvalue weighted by atomic mass is 10.2. The number of benzene rings is 2. The second kappa shape index (κ2) is 9.70. The highest BCUT2D eigenvalue weighted by Gasteiger charge is 2.19. The Bertz CT molecular complexity index is 1250. The first-order chi connectivity index (χ1) is 16.0. The molecule has 2 amide bonds. The van der Waals surface area contributed by atoms with E-state index >= 15 is 0 Å². The number of hydrogen-bond donors (Lipinski definition) is 2. The molecule has 0 bridgehead atoms. The lowest BCUT2D eigenvalue weighted by Gasteiger charge is -2.14. The third kappa shape index (κ3) is 4.65. The van der Waals surface area contributed by atoms with Crippen LogP contribution in [-0.2, 0) is 6.54 Å². The number of aromatic nitrogens is 3. The van der Waals surface area contributed by atoms with Gasteiger partial charge in [-0.05, 0) is 37.3 Å². The molecule has 4 rings (SSSR count). The van der Waals surface area contributed by atoms with Crippen LogP contribution in [0.15, 0.2) is 67.0 Å². The lowest BCUT2D eigenvalue weighted by Crippen LogP contribution is -2.29. The summed E-state index contributed by atoms with van der Waals surface area (Å²) in [6.07, 6.45) is 3.90. The van der Waals surface area contributed by atoms with Gasteiger partial charge in [-0.2, -0.15) is 5.10 Å². The van der Waals surface area contributed by atoms with Crippen LogP contribution in [0.3, 0.4) is 0 Å². The predicted octanol–water partition coefficient (Wildman–Crippen LogP) is 4.96. The SMILES string of the molecule is COc1cc(OC)c(NC(=O)NCc2c(C)nn(-c3ccccc3)c2-n2cccc2)cc1Cl. The van der Waals surface area contributed by atoms with E-state index < -0.39 is 6.03 Å². The summed E-state index contributed by atoms with van der Waals surface area (Å²) in [5, 5.41) is 10.8. The number of rotatable bonds is 7. The Hall–Kier alpha value is -3.91. The summed E-state index contributed by atoms with van der Waals surface area (Å²) in [5.41, 5.74) is 3.07. The second-order valence-corrected chi connectivity index (χ2v) is 7.63. The summed E-state index contributed by atoms with van der Waals surface area (Å²) >= 11 is 6.21. The molecule has 4 aromatic rings. The molecule has 33 heavy (non-hydrogen) atoms. The number of carbonyl (C=O) groups excluding carboxylic acids is 1. The molecule has 0 radical (unpaired) electrons. The Labute approximate surface area is 196 Å². The largest absolute Gasteiger partial charge is 0.495 e. The second-order valence-electron chi connectivity index (χ2n) is 7.22. The molecule has 9 heteroatoms. The van der Waals surface area contributed by atoms with Crippen LogP contribution in [-0.4, -0.2) is 34.6 Å². The van der Waals surface area contributed by atoms with Crippen LogP contribution < -0.4 is 20.1 Å². The number of amides is 2. The first-order valence-electron chi connectivity index (χ1n) is 10.3. The summed E-state index contributed by atoms with van der Waals surface area (Å²) in [5.74, 6) is 1.75. The number of aryl methyl sites for hydroxylation is 1. The zero-order chi connectivity index (χ0) is 23.4. The van der Waals surface area contributed by atoms with E-state index in [1.807, 2.05) is 71.0 Å². The highest BCUT2D eigenvalue weighted by molar-refractivity contribution is 6.32. The molecule has 0 saturated carbocycles. The molecule has 2 aromatic carbocycles. The smallest absolute Gasteiger partial charge is 0.319 e. The van der Waals surface area contributed by atoms with Crippen molar-refractivity contribution < 1.29 is 14.3 Å². The van der Waals surface area contributed by atoms with Crippen molar-refractivity contribution in [1.29, 1.82) is 0 Å². The Balaban J connectivity index is 1.59. The van der Waals surface area contributed by atoms with E-state index in [0.717, 1.165) is 22.8 Å². The van der Waals surface area contributed by atoms with Gasteiger partial charge in [0, 0.05) is 24.0 Å². The van der Waals surface area contributed by atoms with Gasteiger partial charge in [0.05, 0.1) is 42.9 Å². The fourth-order valence-electron chi connectivity index (χ4n) is 3.54. The van der Waals surface area contributed by atoms with Crippen LogP contribution in [0.5, 0.6) is 11.5 Å². The van der Waals surface area contributed by atoms with Crippen LogP contribution in [0.2, 0.25) is 5.02 Å². The van der Waals surface area contributed by atoms with Gasteiger partial charge in [-0.25, -0.2) is 9.48 Å². The van der Waals surface area contributed by atoms with Crippen LogP contribution in [0.4, 0.5) is 10.5 Å². The maximum atomic E-state index is 12.7. The lowest BCUT2D eigenvalue weighted by molar-refractivity contribution is 0.251. The highest BCUT2D eigenvalue weighted by atomic mass is 35.5. The van der Waals surface area contributed by atoms with Gasteiger partial charge in [0.1, 0.15) is 17.3 Å². The molecule has 0 aliphatic rings. The van der Waals surface area contributed by atoms with Gasteiger partial charge in [0.2, 0.25) is 0 Å². The molecule has 0 unspecified atom stereocenters. The Morgan fingerprint density at radius 3 is 2.39 bits per heavy atom. The third-order valence-corrected chi connectivity index (χ3v) is 5.45. The average molecular weight is 466 g/mol. The first kappa shape index (κ1) is 22.3. The van der Waals surface area contributed by atoms with Crippen LogP contribution in [0.25, 0.3) is 11.5 Å². The van der Waals surface area contributed by atoms with E-state index in [4.69, 9.17) is 26.2 Å². The number of nitrogens with one attached hydrogen (secondary N) is 2. The molecule has 0 spiro atoms. The maximum absolute atomic E-state index is 12.7. The van der Waals surface area contributed by atoms with Crippen molar-refractivity contribution in [1.82, 2.24) is 19.7 Å². The number of carbonyl (C=O) groups is 1. The van der Waals surface area contributed by atoms with Crippen molar-refractivity contribution in [2.75, 3.05) is 19.5 Å². The Morgan fingerprint density at radius 2 is 1.73 bits per heavy atom. The van der Waals surface area contributed by atoms with Gasteiger partial charge >= 0.3 is 6.03 Å². The van der Waals surface area contributed by atoms with Crippen molar-refractivity contribution in [3.05, 3.63) is 83.3 Å². The van der Waals surface area contributed by atoms with Crippen LogP contribution in [0, 0.1) is 6.92 Å². The monoisotopic (exact) mass is 465 g/mol. The van der Waals surface area contributed by atoms with E-state index in [-0.39, 0.29) is 6.54 Å². The van der Waals surface area contributed by atoms with Crippen LogP contribution >= 0.6 is 11.6 Å². The topological polar surface area (TPSA) is 82.3 Å². The Kier molecular flexibility index (Phi) is 6.55. The van der Waals surface area contributed by atoms with Crippen molar-refractivity contribution in [2.24, 2.45) is 0 Å². The number of ether oxygens (including phenoxy) is 2. The molecule has 2 N–H and O–H groups in total. The molecule has 170 valence electrons. The number of nitrogens with zero attached hydrogens (tertiary/aromatic N) is 3. The van der Waals surface area contributed by atoms with Gasteiger partial charge in [0.15, 0.2) is 0 Å². The number of methoxy groups -OCH3 is 2. The molecule has 0 aliphatic carbocycles. The standard InChI is InChI=1S/C24H24ClN5O3/c1-16-18(15-26-24(31)27-20-13-19(25)21(32-2)14-22(20)33-3)23(29-11-7-8-12-29)30(28-16)17-9-5-4-6-10-17/h4-14H,15H2,1-3H3,(H2,26,27,31). The third-order valence-electron chi connectivity index (χ3n) is 5.15. The van der Waals surface area contributed by atoms with E-state index in [1.54, 1.807) is 12.1 Å². The summed E-state index contributed by atoms with van der Waals surface area (Å²) in [7, 11) is 3.02. The van der Waals surface area contributed by atoms with E-state index in [9.17, 15) is 4.79 Å². The molecule has 2 aromatic heterocycles. The zero-order valence-electron chi connectivity index (χ0n) is 18.5. The van der Waals surface area contributed by atoms with Gasteiger partial charge in [0.25, 0.3) is 0 Å². The number of para-hydroxylation sites is 1. The van der Waals surface area contributed by atoms with Gasteiger partial charge in [-0.1, -0.05) is 29.8 Å². The molecule has 0 saturated heterocycles. The number of hydrogen-bond acceptors (Lipinski definition) is 4. The minimum absolute atomic E-state index is 0.268. The number of anilines is 1. The minimum atomic E-state index is -0.403. The predicted molar refractivity (Wildman–Crippen MR) is 128 cm³/mol. The molecule has 0 aliphatic heterocycles. The van der Waals surface area contributed by atoms with E-state index in [2.05, 4.69) is 10.6 Å². The number of halogens is 1. The van der Waals surface area contributed by atoms with Gasteiger partial charge < -0.3 is 24.7 Å². The van der Waals surface area contributed by atoms with Crippen LogP contribution in [0.1, 0.15) is 11.3 Å².